The van der Waals surface area contributed by atoms with Crippen molar-refractivity contribution in [2.24, 2.45) is 0 Å². The van der Waals surface area contributed by atoms with Gasteiger partial charge in [-0.25, -0.2) is 0 Å². The molecule has 25 heavy (non-hydrogen) atoms. The summed E-state index contributed by atoms with van der Waals surface area (Å²) in [6, 6.07) is 2.55. The van der Waals surface area contributed by atoms with Gasteiger partial charge in [-0.05, 0) is 32.3 Å². The summed E-state index contributed by atoms with van der Waals surface area (Å²) >= 11 is 0. The molecule has 6 nitrogen and oxygen atoms in total. The van der Waals surface area contributed by atoms with Gasteiger partial charge in [-0.2, -0.15) is 18.3 Å². The molecule has 0 bridgehead atoms. The first-order valence-corrected chi connectivity index (χ1v) is 8.16. The van der Waals surface area contributed by atoms with Crippen LogP contribution >= 0.6 is 0 Å². The molecule has 1 aliphatic heterocycles. The lowest BCUT2D eigenvalue weighted by molar-refractivity contribution is -0.142. The van der Waals surface area contributed by atoms with Crippen LogP contribution in [0.1, 0.15) is 48.6 Å². The summed E-state index contributed by atoms with van der Waals surface area (Å²) in [5.74, 6) is 0.341. The number of alkyl halides is 3. The van der Waals surface area contributed by atoms with Crippen molar-refractivity contribution in [1.82, 2.24) is 19.8 Å². The Morgan fingerprint density at radius 2 is 2.16 bits per heavy atom. The van der Waals surface area contributed by atoms with Crippen LogP contribution in [0.25, 0.3) is 0 Å². The zero-order chi connectivity index (χ0) is 18.2. The van der Waals surface area contributed by atoms with E-state index in [1.54, 1.807) is 4.90 Å². The molecule has 0 saturated carbocycles. The fourth-order valence-corrected chi connectivity index (χ4v) is 3.04. The maximum Gasteiger partial charge on any atom is 0.435 e. The van der Waals surface area contributed by atoms with E-state index in [0.717, 1.165) is 35.7 Å². The molecule has 0 radical (unpaired) electrons. The Hall–Kier alpha value is -2.32. The van der Waals surface area contributed by atoms with E-state index in [0.29, 0.717) is 18.0 Å². The topological polar surface area (TPSA) is 64.2 Å². The van der Waals surface area contributed by atoms with E-state index >= 15 is 0 Å². The summed E-state index contributed by atoms with van der Waals surface area (Å²) in [7, 11) is 0. The largest absolute Gasteiger partial charge is 0.435 e. The van der Waals surface area contributed by atoms with Crippen LogP contribution in [0.2, 0.25) is 0 Å². The molecule has 2 aromatic heterocycles. The molecule has 0 aromatic carbocycles. The summed E-state index contributed by atoms with van der Waals surface area (Å²) in [6.45, 7) is 3.77. The van der Waals surface area contributed by atoms with Crippen molar-refractivity contribution in [2.45, 2.75) is 51.9 Å². The van der Waals surface area contributed by atoms with E-state index in [9.17, 15) is 18.0 Å². The predicted octanol–water partition coefficient (Wildman–Crippen LogP) is 3.12. The monoisotopic (exact) mass is 356 g/mol. The van der Waals surface area contributed by atoms with Gasteiger partial charge in [-0.1, -0.05) is 12.1 Å². The van der Waals surface area contributed by atoms with Gasteiger partial charge in [0.25, 0.3) is 0 Å². The molecule has 1 atom stereocenters. The zero-order valence-electron chi connectivity index (χ0n) is 14.0. The molecule has 2 aromatic rings. The van der Waals surface area contributed by atoms with Gasteiger partial charge in [0.2, 0.25) is 5.91 Å². The molecule has 1 fully saturated rings. The summed E-state index contributed by atoms with van der Waals surface area (Å²) in [6.07, 6.45) is -2.23. The van der Waals surface area contributed by atoms with E-state index < -0.39 is 11.9 Å². The molecular formula is C16H19F3N4O2. The minimum Gasteiger partial charge on any atom is -0.359 e. The quantitative estimate of drug-likeness (QED) is 0.844. The standard InChI is InChI=1S/C16H19F3N4O2/c1-3-11-8-13(25-21-11)12-5-4-6-22(12)15(24)9-23-10(2)7-14(20-23)16(17,18)19/h7-8,12H,3-6,9H2,1-2H3. The maximum absolute atomic E-state index is 12.7. The molecule has 0 N–H and O–H groups in total. The van der Waals surface area contributed by atoms with Crippen molar-refractivity contribution in [1.29, 1.82) is 0 Å². The molecule has 1 amide bonds. The van der Waals surface area contributed by atoms with Crippen molar-refractivity contribution in [3.05, 3.63) is 35.0 Å². The van der Waals surface area contributed by atoms with E-state index in [-0.39, 0.29) is 18.5 Å². The maximum atomic E-state index is 12.7. The van der Waals surface area contributed by atoms with E-state index in [2.05, 4.69) is 10.3 Å². The van der Waals surface area contributed by atoms with Crippen molar-refractivity contribution < 1.29 is 22.5 Å². The Bertz CT molecular complexity index is 766. The third-order valence-electron chi connectivity index (χ3n) is 4.40. The normalized spacial score (nSPS) is 18.1. The molecule has 0 aliphatic carbocycles. The Kier molecular flexibility index (Phi) is 4.57. The minimum atomic E-state index is -4.52. The molecule has 1 unspecified atom stereocenters. The fourth-order valence-electron chi connectivity index (χ4n) is 3.04. The molecule has 1 saturated heterocycles. The number of halogens is 3. The lowest BCUT2D eigenvalue weighted by Crippen LogP contribution is -2.33. The Balaban J connectivity index is 1.75. The average molecular weight is 356 g/mol. The number of likely N-dealkylation sites (tertiary alicyclic amines) is 1. The van der Waals surface area contributed by atoms with Gasteiger partial charge in [0.05, 0.1) is 11.7 Å². The molecular weight excluding hydrogens is 337 g/mol. The summed E-state index contributed by atoms with van der Waals surface area (Å²) in [4.78, 5) is 14.2. The van der Waals surface area contributed by atoms with E-state index in [1.165, 1.54) is 6.92 Å². The second-order valence-corrected chi connectivity index (χ2v) is 6.15. The van der Waals surface area contributed by atoms with Gasteiger partial charge in [0.15, 0.2) is 11.5 Å². The van der Waals surface area contributed by atoms with Crippen LogP contribution in [0, 0.1) is 6.92 Å². The summed E-state index contributed by atoms with van der Waals surface area (Å²) in [5, 5.41) is 7.46. The zero-order valence-corrected chi connectivity index (χ0v) is 14.0. The average Bonchev–Trinajstić information content (AvgIpc) is 3.25. The van der Waals surface area contributed by atoms with Gasteiger partial charge < -0.3 is 9.42 Å². The first kappa shape index (κ1) is 17.5. The predicted molar refractivity (Wildman–Crippen MR) is 81.5 cm³/mol. The van der Waals surface area contributed by atoms with E-state index in [4.69, 9.17) is 4.52 Å². The van der Waals surface area contributed by atoms with Crippen LogP contribution in [-0.4, -0.2) is 32.3 Å². The van der Waals surface area contributed by atoms with Gasteiger partial charge in [0, 0.05) is 18.3 Å². The van der Waals surface area contributed by atoms with Crippen molar-refractivity contribution in [2.75, 3.05) is 6.54 Å². The number of aryl methyl sites for hydroxylation is 2. The Morgan fingerprint density at radius 1 is 1.40 bits per heavy atom. The lowest BCUT2D eigenvalue weighted by atomic mass is 10.1. The highest BCUT2D eigenvalue weighted by atomic mass is 19.4. The highest BCUT2D eigenvalue weighted by Crippen LogP contribution is 2.33. The van der Waals surface area contributed by atoms with Crippen LogP contribution in [0.15, 0.2) is 16.7 Å². The molecule has 136 valence electrons. The van der Waals surface area contributed by atoms with Crippen molar-refractivity contribution >= 4 is 5.91 Å². The second kappa shape index (κ2) is 6.53. The number of aromatic nitrogens is 3. The van der Waals surface area contributed by atoms with Gasteiger partial charge in [-0.3, -0.25) is 9.48 Å². The van der Waals surface area contributed by atoms with Gasteiger partial charge in [-0.15, -0.1) is 0 Å². The lowest BCUT2D eigenvalue weighted by Gasteiger charge is -2.22. The second-order valence-electron chi connectivity index (χ2n) is 6.15. The fraction of sp³-hybridized carbons (Fsp3) is 0.562. The number of rotatable bonds is 4. The number of carbonyl (C=O) groups excluding carboxylic acids is 1. The minimum absolute atomic E-state index is 0.224. The van der Waals surface area contributed by atoms with Gasteiger partial charge >= 0.3 is 6.18 Å². The number of carbonyl (C=O) groups is 1. The van der Waals surface area contributed by atoms with Crippen molar-refractivity contribution in [3.8, 4) is 0 Å². The number of amides is 1. The van der Waals surface area contributed by atoms with Crippen LogP contribution in [0.5, 0.6) is 0 Å². The SMILES string of the molecule is CCc1cc(C2CCCN2C(=O)Cn2nc(C(F)(F)F)cc2C)on1. The van der Waals surface area contributed by atoms with Crippen molar-refractivity contribution in [3.63, 3.8) is 0 Å². The third-order valence-corrected chi connectivity index (χ3v) is 4.40. The Labute approximate surface area is 142 Å². The number of hydrogen-bond acceptors (Lipinski definition) is 4. The third kappa shape index (κ3) is 3.54. The highest BCUT2D eigenvalue weighted by Gasteiger charge is 2.36. The smallest absolute Gasteiger partial charge is 0.359 e. The Morgan fingerprint density at radius 3 is 2.76 bits per heavy atom. The molecule has 9 heteroatoms. The molecule has 3 heterocycles. The molecule has 0 spiro atoms. The van der Waals surface area contributed by atoms with E-state index in [1.807, 2.05) is 13.0 Å². The summed E-state index contributed by atoms with van der Waals surface area (Å²) < 4.78 is 44.7. The van der Waals surface area contributed by atoms with Crippen LogP contribution < -0.4 is 0 Å². The van der Waals surface area contributed by atoms with Crippen LogP contribution in [-0.2, 0) is 23.9 Å². The molecule has 1 aliphatic rings. The van der Waals surface area contributed by atoms with Crippen LogP contribution in [0.4, 0.5) is 13.2 Å². The number of nitrogens with zero attached hydrogens (tertiary/aromatic N) is 4. The van der Waals surface area contributed by atoms with Gasteiger partial charge in [0.1, 0.15) is 6.54 Å². The first-order valence-electron chi connectivity index (χ1n) is 8.16. The molecule has 3 rings (SSSR count). The van der Waals surface area contributed by atoms with Crippen LogP contribution in [0.3, 0.4) is 0 Å². The first-order chi connectivity index (χ1) is 11.8. The summed E-state index contributed by atoms with van der Waals surface area (Å²) in [5.41, 5.74) is 0.120. The number of hydrogen-bond donors (Lipinski definition) is 0. The highest BCUT2D eigenvalue weighted by molar-refractivity contribution is 5.76.